The number of piperidine rings is 1. The largest absolute Gasteiger partial charge is 0.364 e. The molecule has 4 heterocycles. The lowest BCUT2D eigenvalue weighted by Crippen LogP contribution is -2.56. The van der Waals surface area contributed by atoms with Gasteiger partial charge in [-0.2, -0.15) is 15.3 Å². The van der Waals surface area contributed by atoms with Gasteiger partial charge in [0.1, 0.15) is 18.8 Å². The molecule has 0 spiro atoms. The highest BCUT2D eigenvalue weighted by atomic mass is 19.1. The SMILES string of the molecule is NC(=O)c1nn(CC(=O)N2CC(F)CC2C(=O)NC2CNCCC2=O)c2c1CC(c1ccnnc1)C=C2. The Balaban J connectivity index is 1.34. The van der Waals surface area contributed by atoms with E-state index in [0.717, 1.165) is 5.56 Å². The van der Waals surface area contributed by atoms with Crippen molar-refractivity contribution in [3.63, 3.8) is 0 Å². The van der Waals surface area contributed by atoms with Crippen molar-refractivity contribution < 1.29 is 23.6 Å². The van der Waals surface area contributed by atoms with Gasteiger partial charge in [-0.05, 0) is 24.1 Å². The number of amides is 3. The minimum Gasteiger partial charge on any atom is -0.364 e. The Morgan fingerprint density at radius 1 is 1.27 bits per heavy atom. The number of allylic oxidation sites excluding steroid dienone is 1. The third kappa shape index (κ3) is 4.99. The fourth-order valence-electron chi connectivity index (χ4n) is 5.14. The number of hydrogen-bond acceptors (Lipinski definition) is 8. The summed E-state index contributed by atoms with van der Waals surface area (Å²) >= 11 is 0. The van der Waals surface area contributed by atoms with Crippen molar-refractivity contribution in [1.82, 2.24) is 35.5 Å². The van der Waals surface area contributed by atoms with Crippen molar-refractivity contribution in [1.29, 1.82) is 0 Å². The molecule has 2 saturated heterocycles. The molecule has 4 atom stereocenters. The van der Waals surface area contributed by atoms with Crippen LogP contribution < -0.4 is 16.4 Å². The molecule has 5 rings (SSSR count). The van der Waals surface area contributed by atoms with E-state index in [-0.39, 0.29) is 36.9 Å². The Labute approximate surface area is 211 Å². The first-order chi connectivity index (χ1) is 17.8. The fraction of sp³-hybridized carbons (Fsp3) is 0.458. The van der Waals surface area contributed by atoms with Crippen LogP contribution in [0.1, 0.15) is 46.1 Å². The molecule has 194 valence electrons. The molecular formula is C24H27FN8O4. The van der Waals surface area contributed by atoms with E-state index in [1.54, 1.807) is 18.5 Å². The van der Waals surface area contributed by atoms with Crippen LogP contribution in [-0.2, 0) is 27.3 Å². The van der Waals surface area contributed by atoms with E-state index in [2.05, 4.69) is 25.9 Å². The van der Waals surface area contributed by atoms with Crippen molar-refractivity contribution in [2.75, 3.05) is 19.6 Å². The van der Waals surface area contributed by atoms with Crippen LogP contribution in [0.15, 0.2) is 24.5 Å². The monoisotopic (exact) mass is 510 g/mol. The molecule has 2 fully saturated rings. The Morgan fingerprint density at radius 2 is 2.11 bits per heavy atom. The van der Waals surface area contributed by atoms with E-state index in [4.69, 9.17) is 5.73 Å². The smallest absolute Gasteiger partial charge is 0.269 e. The van der Waals surface area contributed by atoms with Gasteiger partial charge in [0.25, 0.3) is 5.91 Å². The number of nitrogens with one attached hydrogen (secondary N) is 2. The summed E-state index contributed by atoms with van der Waals surface area (Å²) in [6, 6.07) is 0.0773. The Bertz CT molecular complexity index is 1260. The number of halogens is 1. The van der Waals surface area contributed by atoms with Gasteiger partial charge in [-0.25, -0.2) is 4.39 Å². The van der Waals surface area contributed by atoms with Crippen molar-refractivity contribution in [2.24, 2.45) is 5.73 Å². The van der Waals surface area contributed by atoms with Crippen molar-refractivity contribution >= 4 is 29.6 Å². The maximum atomic E-state index is 14.4. The molecule has 2 aromatic heterocycles. The van der Waals surface area contributed by atoms with Gasteiger partial charge in [-0.15, -0.1) is 0 Å². The predicted molar refractivity (Wildman–Crippen MR) is 128 cm³/mol. The number of hydrogen-bond donors (Lipinski definition) is 3. The topological polar surface area (TPSA) is 165 Å². The van der Waals surface area contributed by atoms with E-state index >= 15 is 0 Å². The van der Waals surface area contributed by atoms with Crippen molar-refractivity contribution in [3.8, 4) is 0 Å². The number of nitrogens with two attached hydrogens (primary N) is 1. The molecule has 4 N–H and O–H groups in total. The van der Waals surface area contributed by atoms with E-state index in [1.165, 1.54) is 9.58 Å². The quantitative estimate of drug-likeness (QED) is 0.450. The molecule has 37 heavy (non-hydrogen) atoms. The lowest BCUT2D eigenvalue weighted by Gasteiger charge is -2.28. The average Bonchev–Trinajstić information content (AvgIpc) is 3.46. The van der Waals surface area contributed by atoms with Gasteiger partial charge in [0.2, 0.25) is 11.8 Å². The highest BCUT2D eigenvalue weighted by Gasteiger charge is 2.41. The van der Waals surface area contributed by atoms with E-state index in [0.29, 0.717) is 37.2 Å². The number of Topliss-reactive ketones (excluding diaryl/α,β-unsaturated/α-hetero) is 1. The fourth-order valence-corrected chi connectivity index (χ4v) is 5.14. The van der Waals surface area contributed by atoms with Crippen molar-refractivity contribution in [3.05, 3.63) is 47.1 Å². The number of ketones is 1. The zero-order valence-electron chi connectivity index (χ0n) is 20.0. The van der Waals surface area contributed by atoms with Crippen LogP contribution in [0.3, 0.4) is 0 Å². The molecule has 2 aliphatic heterocycles. The van der Waals surface area contributed by atoms with Crippen LogP contribution in [0.2, 0.25) is 0 Å². The number of primary amides is 1. The standard InChI is InChI=1S/C24H27FN8O4/c25-15-8-19(24(37)30-17-10-27-5-4-20(17)34)32(11-15)21(35)12-33-18-2-1-13(14-3-6-28-29-9-14)7-16(18)22(31-33)23(26)36/h1-3,6,9,13,15,17,19,27H,4-5,7-8,10-12H2,(H2,26,36)(H,30,37). The molecule has 1 aliphatic carbocycles. The molecule has 0 bridgehead atoms. The van der Waals surface area contributed by atoms with E-state index in [1.807, 2.05) is 12.1 Å². The molecule has 4 unspecified atom stereocenters. The number of nitrogens with zero attached hydrogens (tertiary/aromatic N) is 5. The van der Waals surface area contributed by atoms with Crippen LogP contribution in [0.4, 0.5) is 4.39 Å². The minimum atomic E-state index is -1.37. The summed E-state index contributed by atoms with van der Waals surface area (Å²) in [7, 11) is 0. The summed E-state index contributed by atoms with van der Waals surface area (Å²) in [5.41, 5.74) is 7.69. The maximum absolute atomic E-state index is 14.4. The molecule has 12 nitrogen and oxygen atoms in total. The third-order valence-corrected chi connectivity index (χ3v) is 7.03. The summed E-state index contributed by atoms with van der Waals surface area (Å²) in [5, 5.41) is 17.7. The minimum absolute atomic E-state index is 0.0570. The molecule has 0 aromatic carbocycles. The second-order valence-electron chi connectivity index (χ2n) is 9.46. The number of carbonyl (C=O) groups is 4. The molecule has 2 aromatic rings. The Kier molecular flexibility index (Phi) is 6.78. The number of carbonyl (C=O) groups excluding carboxylic acids is 4. The molecule has 0 radical (unpaired) electrons. The van der Waals surface area contributed by atoms with E-state index < -0.39 is 36.0 Å². The van der Waals surface area contributed by atoms with Crippen LogP contribution in [0.5, 0.6) is 0 Å². The summed E-state index contributed by atoms with van der Waals surface area (Å²) < 4.78 is 15.7. The molecular weight excluding hydrogens is 483 g/mol. The zero-order chi connectivity index (χ0) is 26.1. The number of likely N-dealkylation sites (tertiary alicyclic amines) is 1. The summed E-state index contributed by atoms with van der Waals surface area (Å²) in [6.07, 6.45) is 6.10. The van der Waals surface area contributed by atoms with Gasteiger partial charge in [-0.3, -0.25) is 23.9 Å². The first-order valence-corrected chi connectivity index (χ1v) is 12.1. The number of aromatic nitrogens is 4. The maximum Gasteiger partial charge on any atom is 0.269 e. The van der Waals surface area contributed by atoms with Gasteiger partial charge < -0.3 is 21.3 Å². The zero-order valence-corrected chi connectivity index (χ0v) is 20.0. The summed E-state index contributed by atoms with van der Waals surface area (Å²) in [4.78, 5) is 51.6. The summed E-state index contributed by atoms with van der Waals surface area (Å²) in [6.45, 7) is 0.291. The lowest BCUT2D eigenvalue weighted by molar-refractivity contribution is -0.140. The second-order valence-corrected chi connectivity index (χ2v) is 9.46. The molecule has 3 aliphatic rings. The van der Waals surface area contributed by atoms with Crippen LogP contribution in [0, 0.1) is 0 Å². The van der Waals surface area contributed by atoms with Gasteiger partial charge in [0.05, 0.1) is 24.5 Å². The molecule has 0 saturated carbocycles. The Hall–Kier alpha value is -4.00. The highest BCUT2D eigenvalue weighted by molar-refractivity contribution is 5.95. The lowest BCUT2D eigenvalue weighted by atomic mass is 9.87. The van der Waals surface area contributed by atoms with Crippen LogP contribution in [-0.4, -0.2) is 86.3 Å². The number of rotatable bonds is 6. The second kappa shape index (κ2) is 10.2. The molecule has 3 amide bonds. The first kappa shape index (κ1) is 24.7. The van der Waals surface area contributed by atoms with E-state index in [9.17, 15) is 23.6 Å². The highest BCUT2D eigenvalue weighted by Crippen LogP contribution is 2.32. The first-order valence-electron chi connectivity index (χ1n) is 12.1. The third-order valence-electron chi connectivity index (χ3n) is 7.03. The van der Waals surface area contributed by atoms with Crippen LogP contribution >= 0.6 is 0 Å². The average molecular weight is 511 g/mol. The van der Waals surface area contributed by atoms with Gasteiger partial charge in [-0.1, -0.05) is 6.08 Å². The van der Waals surface area contributed by atoms with Crippen LogP contribution in [0.25, 0.3) is 6.08 Å². The van der Waals surface area contributed by atoms with Crippen molar-refractivity contribution in [2.45, 2.75) is 50.0 Å². The van der Waals surface area contributed by atoms with Gasteiger partial charge in [0.15, 0.2) is 11.5 Å². The molecule has 13 heteroatoms. The summed E-state index contributed by atoms with van der Waals surface area (Å²) in [5.74, 6) is -1.99. The van der Waals surface area contributed by atoms with Gasteiger partial charge in [0, 0.05) is 43.6 Å². The number of fused-ring (bicyclic) bond motifs is 1. The van der Waals surface area contributed by atoms with Gasteiger partial charge >= 0.3 is 0 Å². The normalized spacial score (nSPS) is 25.1. The predicted octanol–water partition coefficient (Wildman–Crippen LogP) is -0.889. The Morgan fingerprint density at radius 3 is 2.84 bits per heavy atom. The number of alkyl halides is 1.